The van der Waals surface area contributed by atoms with Crippen LogP contribution in [0.15, 0.2) is 18.2 Å². The minimum atomic E-state index is -0.0506. The van der Waals surface area contributed by atoms with Crippen molar-refractivity contribution in [1.82, 2.24) is 0 Å². The largest absolute Gasteiger partial charge is 0.462 e. The van der Waals surface area contributed by atoms with Gasteiger partial charge in [0.15, 0.2) is 0 Å². The third-order valence-corrected chi connectivity index (χ3v) is 3.13. The first-order chi connectivity index (χ1) is 7.16. The van der Waals surface area contributed by atoms with Gasteiger partial charge in [-0.3, -0.25) is 4.79 Å². The number of carbonyl (C=O) groups is 1. The average Bonchev–Trinajstić information content (AvgIpc) is 2.59. The summed E-state index contributed by atoms with van der Waals surface area (Å²) >= 11 is 0. The third-order valence-electron chi connectivity index (χ3n) is 3.13. The van der Waals surface area contributed by atoms with E-state index in [2.05, 4.69) is 32.0 Å². The summed E-state index contributed by atoms with van der Waals surface area (Å²) in [5.41, 5.74) is 3.92. The zero-order valence-corrected chi connectivity index (χ0v) is 9.25. The van der Waals surface area contributed by atoms with E-state index in [-0.39, 0.29) is 12.1 Å². The summed E-state index contributed by atoms with van der Waals surface area (Å²) in [5, 5.41) is 0. The zero-order chi connectivity index (χ0) is 10.8. The van der Waals surface area contributed by atoms with E-state index in [4.69, 9.17) is 4.74 Å². The van der Waals surface area contributed by atoms with Crippen LogP contribution in [-0.2, 0) is 16.0 Å². The van der Waals surface area contributed by atoms with Crippen molar-refractivity contribution in [3.05, 3.63) is 34.9 Å². The van der Waals surface area contributed by atoms with E-state index in [0.717, 1.165) is 12.8 Å². The average molecular weight is 204 g/mol. The molecule has 1 unspecified atom stereocenters. The van der Waals surface area contributed by atoms with Gasteiger partial charge in [0, 0.05) is 12.8 Å². The smallest absolute Gasteiger partial charge is 0.306 e. The number of aryl methyl sites for hydroxylation is 1. The van der Waals surface area contributed by atoms with Gasteiger partial charge in [0.05, 0.1) is 0 Å². The van der Waals surface area contributed by atoms with Crippen molar-refractivity contribution in [2.24, 2.45) is 0 Å². The molecular weight excluding hydrogens is 188 g/mol. The van der Waals surface area contributed by atoms with Gasteiger partial charge in [0.25, 0.3) is 0 Å². The van der Waals surface area contributed by atoms with E-state index < -0.39 is 0 Å². The van der Waals surface area contributed by atoms with Crippen LogP contribution >= 0.6 is 0 Å². The normalized spacial score (nSPS) is 20.4. The number of esters is 1. The lowest BCUT2D eigenvalue weighted by Crippen LogP contribution is -2.11. The first kappa shape index (κ1) is 10.2. The molecule has 1 aliphatic rings. The van der Waals surface area contributed by atoms with Gasteiger partial charge < -0.3 is 4.74 Å². The van der Waals surface area contributed by atoms with Gasteiger partial charge >= 0.3 is 5.97 Å². The quantitative estimate of drug-likeness (QED) is 0.692. The summed E-state index contributed by atoms with van der Waals surface area (Å²) in [6, 6.07) is 6.29. The first-order valence-electron chi connectivity index (χ1n) is 5.41. The number of hydrogen-bond donors (Lipinski definition) is 0. The molecule has 0 saturated carbocycles. The second-order valence-electron chi connectivity index (χ2n) is 4.21. The molecule has 80 valence electrons. The lowest BCUT2D eigenvalue weighted by atomic mass is 9.98. The van der Waals surface area contributed by atoms with Crippen molar-refractivity contribution < 1.29 is 9.53 Å². The predicted molar refractivity (Wildman–Crippen MR) is 58.7 cm³/mol. The van der Waals surface area contributed by atoms with E-state index in [0.29, 0.717) is 6.42 Å². The lowest BCUT2D eigenvalue weighted by Gasteiger charge is -2.12. The SMILES string of the molecule is Cc1cccc(CC2CCC(=O)O2)c1C. The summed E-state index contributed by atoms with van der Waals surface area (Å²) in [6.45, 7) is 4.24. The Morgan fingerprint density at radius 3 is 2.87 bits per heavy atom. The van der Waals surface area contributed by atoms with Crippen molar-refractivity contribution in [2.75, 3.05) is 0 Å². The maximum atomic E-state index is 11.0. The van der Waals surface area contributed by atoms with Crippen molar-refractivity contribution in [1.29, 1.82) is 0 Å². The van der Waals surface area contributed by atoms with Gasteiger partial charge in [-0.1, -0.05) is 18.2 Å². The molecule has 1 saturated heterocycles. The fourth-order valence-corrected chi connectivity index (χ4v) is 2.00. The van der Waals surface area contributed by atoms with Gasteiger partial charge in [-0.15, -0.1) is 0 Å². The fourth-order valence-electron chi connectivity index (χ4n) is 2.00. The van der Waals surface area contributed by atoms with Crippen LogP contribution in [0.2, 0.25) is 0 Å². The van der Waals surface area contributed by atoms with Crippen LogP contribution in [-0.4, -0.2) is 12.1 Å². The van der Waals surface area contributed by atoms with E-state index in [9.17, 15) is 4.79 Å². The molecular formula is C13H16O2. The van der Waals surface area contributed by atoms with Crippen LogP contribution in [0.3, 0.4) is 0 Å². The van der Waals surface area contributed by atoms with Gasteiger partial charge in [-0.25, -0.2) is 0 Å². The van der Waals surface area contributed by atoms with E-state index >= 15 is 0 Å². The molecule has 0 N–H and O–H groups in total. The number of rotatable bonds is 2. The van der Waals surface area contributed by atoms with E-state index in [1.807, 2.05) is 0 Å². The number of benzene rings is 1. The molecule has 1 aromatic rings. The minimum Gasteiger partial charge on any atom is -0.462 e. The van der Waals surface area contributed by atoms with Gasteiger partial charge in [-0.05, 0) is 37.0 Å². The molecule has 1 fully saturated rings. The molecule has 0 spiro atoms. The number of hydrogen-bond acceptors (Lipinski definition) is 2. The second kappa shape index (κ2) is 4.05. The highest BCUT2D eigenvalue weighted by Gasteiger charge is 2.23. The Hall–Kier alpha value is -1.31. The molecule has 0 aliphatic carbocycles. The molecule has 0 amide bonds. The Labute approximate surface area is 90.3 Å². The first-order valence-corrected chi connectivity index (χ1v) is 5.41. The number of ether oxygens (including phenoxy) is 1. The van der Waals surface area contributed by atoms with Crippen molar-refractivity contribution in [2.45, 2.75) is 39.2 Å². The van der Waals surface area contributed by atoms with Gasteiger partial charge in [-0.2, -0.15) is 0 Å². The fraction of sp³-hybridized carbons (Fsp3) is 0.462. The maximum absolute atomic E-state index is 11.0. The summed E-state index contributed by atoms with van der Waals surface area (Å²) < 4.78 is 5.22. The summed E-state index contributed by atoms with van der Waals surface area (Å²) in [7, 11) is 0. The Kier molecular flexibility index (Phi) is 2.76. The molecule has 2 rings (SSSR count). The van der Waals surface area contributed by atoms with Crippen molar-refractivity contribution >= 4 is 5.97 Å². The van der Waals surface area contributed by atoms with Crippen LogP contribution in [0, 0.1) is 13.8 Å². The maximum Gasteiger partial charge on any atom is 0.306 e. The molecule has 1 heterocycles. The lowest BCUT2D eigenvalue weighted by molar-refractivity contribution is -0.141. The molecule has 2 heteroatoms. The van der Waals surface area contributed by atoms with Gasteiger partial charge in [0.1, 0.15) is 6.10 Å². The molecule has 15 heavy (non-hydrogen) atoms. The second-order valence-corrected chi connectivity index (χ2v) is 4.21. The molecule has 0 radical (unpaired) electrons. The van der Waals surface area contributed by atoms with Crippen molar-refractivity contribution in [3.63, 3.8) is 0 Å². The third kappa shape index (κ3) is 2.20. The van der Waals surface area contributed by atoms with Crippen LogP contribution in [0.4, 0.5) is 0 Å². The highest BCUT2D eigenvalue weighted by molar-refractivity contribution is 5.71. The topological polar surface area (TPSA) is 26.3 Å². The number of cyclic esters (lactones) is 1. The molecule has 1 atom stereocenters. The Morgan fingerprint density at radius 2 is 2.20 bits per heavy atom. The highest BCUT2D eigenvalue weighted by Crippen LogP contribution is 2.21. The summed E-state index contributed by atoms with van der Waals surface area (Å²) in [4.78, 5) is 11.0. The molecule has 0 bridgehead atoms. The number of carbonyl (C=O) groups excluding carboxylic acids is 1. The Morgan fingerprint density at radius 1 is 1.40 bits per heavy atom. The van der Waals surface area contributed by atoms with Crippen LogP contribution in [0.1, 0.15) is 29.5 Å². The standard InChI is InChI=1S/C13H16O2/c1-9-4-3-5-11(10(9)2)8-12-6-7-13(14)15-12/h3-5,12H,6-8H2,1-2H3. The predicted octanol–water partition coefficient (Wildman–Crippen LogP) is 2.55. The molecule has 1 aromatic carbocycles. The molecule has 0 aromatic heterocycles. The Balaban J connectivity index is 2.11. The zero-order valence-electron chi connectivity index (χ0n) is 9.25. The Bertz CT molecular complexity index is 382. The van der Waals surface area contributed by atoms with Crippen LogP contribution < -0.4 is 0 Å². The summed E-state index contributed by atoms with van der Waals surface area (Å²) in [5.74, 6) is -0.0506. The van der Waals surface area contributed by atoms with Crippen molar-refractivity contribution in [3.8, 4) is 0 Å². The minimum absolute atomic E-state index is 0.0506. The van der Waals surface area contributed by atoms with Crippen LogP contribution in [0.5, 0.6) is 0 Å². The highest BCUT2D eigenvalue weighted by atomic mass is 16.5. The molecule has 2 nitrogen and oxygen atoms in total. The monoisotopic (exact) mass is 204 g/mol. The molecule has 1 aliphatic heterocycles. The van der Waals surface area contributed by atoms with E-state index in [1.165, 1.54) is 16.7 Å². The van der Waals surface area contributed by atoms with E-state index in [1.54, 1.807) is 0 Å². The summed E-state index contributed by atoms with van der Waals surface area (Å²) in [6.07, 6.45) is 2.40. The van der Waals surface area contributed by atoms with Crippen LogP contribution in [0.25, 0.3) is 0 Å². The van der Waals surface area contributed by atoms with Gasteiger partial charge in [0.2, 0.25) is 0 Å².